The van der Waals surface area contributed by atoms with Crippen LogP contribution in [0.5, 0.6) is 23.0 Å². The number of fused-ring (bicyclic) bond motifs is 1. The molecule has 0 aromatic heterocycles. The number of hydrogen-bond acceptors (Lipinski definition) is 4. The first-order valence-electron chi connectivity index (χ1n) is 18.8. The second-order valence-corrected chi connectivity index (χ2v) is 13.8. The zero-order valence-corrected chi connectivity index (χ0v) is 30.5. The predicted octanol–water partition coefficient (Wildman–Crippen LogP) is 15.0. The smallest absolute Gasteiger partial charge is 0.172 e. The number of hydrogen-bond donors (Lipinski definition) is 0. The fraction of sp³-hybridized carbons (Fsp3) is 0. The van der Waals surface area contributed by atoms with Crippen molar-refractivity contribution in [3.8, 4) is 45.3 Å². The van der Waals surface area contributed by atoms with Crippen LogP contribution in [0.25, 0.3) is 33.0 Å². The fourth-order valence-electron chi connectivity index (χ4n) is 7.59. The zero-order valence-electron chi connectivity index (χ0n) is 30.5. The molecule has 9 aromatic carbocycles. The molecule has 0 saturated heterocycles. The molecular formula is C52H36N2O2. The summed E-state index contributed by atoms with van der Waals surface area (Å²) in [5.74, 6) is 2.77. The van der Waals surface area contributed by atoms with Crippen LogP contribution in [0.15, 0.2) is 218 Å². The largest absolute Gasteiger partial charge is 0.453 e. The van der Waals surface area contributed by atoms with E-state index in [1.54, 1.807) is 0 Å². The maximum Gasteiger partial charge on any atom is 0.172 e. The van der Waals surface area contributed by atoms with Crippen molar-refractivity contribution >= 4 is 44.9 Å². The van der Waals surface area contributed by atoms with Gasteiger partial charge in [0, 0.05) is 34.9 Å². The standard InChI is InChI=1S/C52H36N2O2/c1-5-14-37(15-6-1)39-24-28-44(29-25-39)53(42-19-9-3-10-20-42)46-32-33-48-50(35-46)56-49-23-13-18-41-34-47(36-51(55-48)52(41)49)54(43-21-11-4-12-22-43)45-30-26-40(27-31-45)38-16-7-2-8-17-38/h1-36H. The Kier molecular flexibility index (Phi) is 8.47. The van der Waals surface area contributed by atoms with E-state index in [2.05, 4.69) is 186 Å². The summed E-state index contributed by atoms with van der Waals surface area (Å²) in [6.07, 6.45) is 0. The highest BCUT2D eigenvalue weighted by atomic mass is 16.5. The lowest BCUT2D eigenvalue weighted by atomic mass is 10.0. The number of benzene rings is 9. The molecule has 0 atom stereocenters. The van der Waals surface area contributed by atoms with Crippen LogP contribution in [0.3, 0.4) is 0 Å². The third kappa shape index (κ3) is 6.29. The summed E-state index contributed by atoms with van der Waals surface area (Å²) in [5.41, 5.74) is 10.8. The lowest BCUT2D eigenvalue weighted by Gasteiger charge is -2.27. The minimum absolute atomic E-state index is 0.644. The van der Waals surface area contributed by atoms with Crippen LogP contribution in [-0.2, 0) is 0 Å². The van der Waals surface area contributed by atoms with Gasteiger partial charge in [-0.1, -0.05) is 133 Å². The average molecular weight is 721 g/mol. The van der Waals surface area contributed by atoms with Crippen molar-refractivity contribution in [2.45, 2.75) is 0 Å². The van der Waals surface area contributed by atoms with Gasteiger partial charge in [0.25, 0.3) is 0 Å². The summed E-state index contributed by atoms with van der Waals surface area (Å²) in [5, 5.41) is 1.95. The van der Waals surface area contributed by atoms with Gasteiger partial charge in [-0.2, -0.15) is 0 Å². The van der Waals surface area contributed by atoms with Crippen LogP contribution >= 0.6 is 0 Å². The summed E-state index contributed by atoms with van der Waals surface area (Å²) in [6.45, 7) is 0. The van der Waals surface area contributed by atoms with Crippen molar-refractivity contribution in [1.29, 1.82) is 0 Å². The molecule has 9 aromatic rings. The third-order valence-electron chi connectivity index (χ3n) is 10.3. The van der Waals surface area contributed by atoms with E-state index in [4.69, 9.17) is 9.47 Å². The molecule has 0 fully saturated rings. The van der Waals surface area contributed by atoms with Crippen LogP contribution in [0.1, 0.15) is 0 Å². The normalized spacial score (nSPS) is 11.5. The topological polar surface area (TPSA) is 24.9 Å². The third-order valence-corrected chi connectivity index (χ3v) is 10.3. The Morgan fingerprint density at radius 3 is 1.23 bits per heavy atom. The molecule has 0 unspecified atom stereocenters. The van der Waals surface area contributed by atoms with Crippen LogP contribution in [-0.4, -0.2) is 0 Å². The number of rotatable bonds is 8. The molecule has 1 heterocycles. The van der Waals surface area contributed by atoms with Gasteiger partial charge in [0.15, 0.2) is 11.5 Å². The van der Waals surface area contributed by atoms with Crippen LogP contribution < -0.4 is 19.3 Å². The van der Waals surface area contributed by atoms with Gasteiger partial charge in [-0.05, 0) is 100 Å². The van der Waals surface area contributed by atoms with Gasteiger partial charge in [0.05, 0.1) is 16.8 Å². The van der Waals surface area contributed by atoms with E-state index in [0.717, 1.165) is 56.4 Å². The quantitative estimate of drug-likeness (QED) is 0.156. The van der Waals surface area contributed by atoms with Gasteiger partial charge >= 0.3 is 0 Å². The lowest BCUT2D eigenvalue weighted by Crippen LogP contribution is -2.10. The Morgan fingerprint density at radius 2 is 0.679 bits per heavy atom. The molecule has 0 N–H and O–H groups in total. The van der Waals surface area contributed by atoms with E-state index in [0.29, 0.717) is 11.5 Å². The van der Waals surface area contributed by atoms with Crippen LogP contribution in [0.4, 0.5) is 34.1 Å². The minimum atomic E-state index is 0.644. The molecule has 1 aliphatic heterocycles. The molecule has 4 nitrogen and oxygen atoms in total. The minimum Gasteiger partial charge on any atom is -0.453 e. The Hall–Kier alpha value is -7.56. The van der Waals surface area contributed by atoms with Gasteiger partial charge in [-0.15, -0.1) is 0 Å². The van der Waals surface area contributed by atoms with E-state index in [-0.39, 0.29) is 0 Å². The fourth-order valence-corrected chi connectivity index (χ4v) is 7.59. The first-order chi connectivity index (χ1) is 27.7. The Labute approximate surface area is 326 Å². The average Bonchev–Trinajstić information content (AvgIpc) is 3.42. The van der Waals surface area contributed by atoms with Crippen LogP contribution in [0, 0.1) is 0 Å². The number of para-hydroxylation sites is 2. The molecule has 0 spiro atoms. The first-order valence-corrected chi connectivity index (χ1v) is 18.8. The van der Waals surface area contributed by atoms with E-state index in [1.165, 1.54) is 22.3 Å². The molecule has 0 amide bonds. The van der Waals surface area contributed by atoms with Gasteiger partial charge in [0.2, 0.25) is 0 Å². The molecule has 0 saturated carbocycles. The molecule has 10 rings (SSSR count). The van der Waals surface area contributed by atoms with Crippen LogP contribution in [0.2, 0.25) is 0 Å². The molecule has 0 bridgehead atoms. The highest BCUT2D eigenvalue weighted by Gasteiger charge is 2.24. The van der Waals surface area contributed by atoms with E-state index in [1.807, 2.05) is 42.5 Å². The maximum absolute atomic E-state index is 6.85. The molecule has 266 valence electrons. The molecule has 1 aliphatic rings. The Bertz CT molecular complexity index is 2770. The summed E-state index contributed by atoms with van der Waals surface area (Å²) in [7, 11) is 0. The second-order valence-electron chi connectivity index (χ2n) is 13.8. The summed E-state index contributed by atoms with van der Waals surface area (Å²) in [4.78, 5) is 4.52. The van der Waals surface area contributed by atoms with Crippen molar-refractivity contribution in [3.63, 3.8) is 0 Å². The van der Waals surface area contributed by atoms with Crippen molar-refractivity contribution in [3.05, 3.63) is 218 Å². The molecule has 56 heavy (non-hydrogen) atoms. The predicted molar refractivity (Wildman–Crippen MR) is 231 cm³/mol. The SMILES string of the molecule is c1ccc(-c2ccc(N(c3ccccc3)c3ccc4c(c3)Oc3cccc5cc(N(c6ccccc6)c6ccc(-c7ccccc7)cc6)cc(c35)O4)cc2)cc1. The molecule has 0 radical (unpaired) electrons. The van der Waals surface area contributed by atoms with Gasteiger partial charge < -0.3 is 19.3 Å². The Balaban J connectivity index is 1.04. The molecule has 4 heteroatoms. The van der Waals surface area contributed by atoms with Gasteiger partial charge in [0.1, 0.15) is 11.5 Å². The van der Waals surface area contributed by atoms with E-state index < -0.39 is 0 Å². The highest BCUT2D eigenvalue weighted by molar-refractivity contribution is 5.99. The van der Waals surface area contributed by atoms with Crippen molar-refractivity contribution in [2.24, 2.45) is 0 Å². The number of anilines is 6. The monoisotopic (exact) mass is 720 g/mol. The zero-order chi connectivity index (χ0) is 37.3. The highest BCUT2D eigenvalue weighted by Crippen LogP contribution is 2.50. The Morgan fingerprint density at radius 1 is 0.250 bits per heavy atom. The van der Waals surface area contributed by atoms with Gasteiger partial charge in [-0.25, -0.2) is 0 Å². The summed E-state index contributed by atoms with van der Waals surface area (Å²) < 4.78 is 13.6. The van der Waals surface area contributed by atoms with Gasteiger partial charge in [-0.3, -0.25) is 0 Å². The molecule has 0 aliphatic carbocycles. The van der Waals surface area contributed by atoms with E-state index >= 15 is 0 Å². The summed E-state index contributed by atoms with van der Waals surface area (Å²) in [6, 6.07) is 76.0. The summed E-state index contributed by atoms with van der Waals surface area (Å²) >= 11 is 0. The molecular weight excluding hydrogens is 685 g/mol. The van der Waals surface area contributed by atoms with Crippen molar-refractivity contribution in [1.82, 2.24) is 0 Å². The second kappa shape index (κ2) is 14.3. The van der Waals surface area contributed by atoms with Crippen molar-refractivity contribution in [2.75, 3.05) is 9.80 Å². The number of nitrogens with zero attached hydrogens (tertiary/aromatic N) is 2. The maximum atomic E-state index is 6.85. The van der Waals surface area contributed by atoms with E-state index in [9.17, 15) is 0 Å². The first kappa shape index (κ1) is 33.0. The number of ether oxygens (including phenoxy) is 2. The van der Waals surface area contributed by atoms with Crippen molar-refractivity contribution < 1.29 is 9.47 Å². The lowest BCUT2D eigenvalue weighted by molar-refractivity contribution is 0.439.